The molecular formula is C25H21NO. The van der Waals surface area contributed by atoms with E-state index in [0.717, 1.165) is 29.7 Å². The van der Waals surface area contributed by atoms with Crippen LogP contribution in [0.1, 0.15) is 12.5 Å². The summed E-state index contributed by atoms with van der Waals surface area (Å²) in [6.45, 7) is 3.00. The number of benzene rings is 3. The fraction of sp³-hybridized carbons (Fsp3) is 0.120. The van der Waals surface area contributed by atoms with E-state index in [9.17, 15) is 0 Å². The summed E-state index contributed by atoms with van der Waals surface area (Å²) in [6.07, 6.45) is 7.55. The Kier molecular flexibility index (Phi) is 3.83. The van der Waals surface area contributed by atoms with Crippen LogP contribution in [-0.4, -0.2) is 6.54 Å². The molecule has 0 saturated heterocycles. The average Bonchev–Trinajstić information content (AvgIpc) is 3.11. The zero-order valence-corrected chi connectivity index (χ0v) is 15.3. The first-order valence-electron chi connectivity index (χ1n) is 9.40. The van der Waals surface area contributed by atoms with Gasteiger partial charge in [0, 0.05) is 28.6 Å². The molecule has 2 heteroatoms. The van der Waals surface area contributed by atoms with Gasteiger partial charge in [0.25, 0.3) is 0 Å². The highest BCUT2D eigenvalue weighted by Gasteiger charge is 2.13. The molecular weight excluding hydrogens is 330 g/mol. The van der Waals surface area contributed by atoms with E-state index in [1.165, 1.54) is 33.2 Å². The first-order valence-corrected chi connectivity index (χ1v) is 9.40. The Morgan fingerprint density at radius 3 is 2.78 bits per heavy atom. The number of hydrogen-bond donors (Lipinski definition) is 1. The maximum absolute atomic E-state index is 6.23. The Hall–Kier alpha value is -3.26. The summed E-state index contributed by atoms with van der Waals surface area (Å²) >= 11 is 0. The van der Waals surface area contributed by atoms with Crippen molar-refractivity contribution in [2.24, 2.45) is 0 Å². The number of hydrogen-bond acceptors (Lipinski definition) is 2. The smallest absolute Gasteiger partial charge is 0.143 e. The van der Waals surface area contributed by atoms with Crippen molar-refractivity contribution in [3.63, 3.8) is 0 Å². The van der Waals surface area contributed by atoms with Crippen molar-refractivity contribution in [2.75, 3.05) is 11.9 Å². The summed E-state index contributed by atoms with van der Waals surface area (Å²) in [6, 6.07) is 21.3. The van der Waals surface area contributed by atoms with Crippen LogP contribution >= 0.6 is 0 Å². The molecule has 2 heterocycles. The van der Waals surface area contributed by atoms with Gasteiger partial charge in [-0.05, 0) is 42.7 Å². The molecule has 3 aromatic carbocycles. The van der Waals surface area contributed by atoms with E-state index >= 15 is 0 Å². The Balaban J connectivity index is 1.67. The van der Waals surface area contributed by atoms with Crippen molar-refractivity contribution >= 4 is 27.6 Å². The number of anilines is 1. The average molecular weight is 351 g/mol. The summed E-state index contributed by atoms with van der Waals surface area (Å²) < 4.78 is 6.23. The zero-order valence-electron chi connectivity index (χ0n) is 15.3. The number of furan rings is 1. The van der Waals surface area contributed by atoms with Gasteiger partial charge in [-0.1, -0.05) is 66.3 Å². The number of fused-ring (bicyclic) bond motifs is 4. The van der Waals surface area contributed by atoms with Crippen LogP contribution in [0.15, 0.2) is 88.9 Å². The first-order chi connectivity index (χ1) is 13.3. The van der Waals surface area contributed by atoms with E-state index in [4.69, 9.17) is 4.42 Å². The summed E-state index contributed by atoms with van der Waals surface area (Å²) in [5, 5.41) is 5.86. The second-order valence-electron chi connectivity index (χ2n) is 7.09. The summed E-state index contributed by atoms with van der Waals surface area (Å²) in [5.74, 6) is 0. The van der Waals surface area contributed by atoms with Gasteiger partial charge in [-0.2, -0.15) is 0 Å². The van der Waals surface area contributed by atoms with Gasteiger partial charge in [0.1, 0.15) is 11.2 Å². The molecule has 27 heavy (non-hydrogen) atoms. The predicted octanol–water partition coefficient (Wildman–Crippen LogP) is 6.72. The van der Waals surface area contributed by atoms with Gasteiger partial charge in [0.05, 0.1) is 0 Å². The minimum Gasteiger partial charge on any atom is -0.455 e. The topological polar surface area (TPSA) is 25.2 Å². The van der Waals surface area contributed by atoms with Crippen molar-refractivity contribution in [3.05, 3.63) is 90.0 Å². The molecule has 0 bridgehead atoms. The molecule has 4 aromatic rings. The molecule has 0 unspecified atom stereocenters. The monoisotopic (exact) mass is 351 g/mol. The Morgan fingerprint density at radius 2 is 1.81 bits per heavy atom. The van der Waals surface area contributed by atoms with Crippen molar-refractivity contribution < 1.29 is 4.42 Å². The third-order valence-electron chi connectivity index (χ3n) is 5.26. The molecule has 1 N–H and O–H groups in total. The van der Waals surface area contributed by atoms with E-state index in [1.54, 1.807) is 0 Å². The number of allylic oxidation sites excluding steroid dienone is 3. The van der Waals surface area contributed by atoms with Crippen molar-refractivity contribution in [1.29, 1.82) is 0 Å². The van der Waals surface area contributed by atoms with Crippen LogP contribution in [0.5, 0.6) is 0 Å². The summed E-state index contributed by atoms with van der Waals surface area (Å²) in [4.78, 5) is 0. The predicted molar refractivity (Wildman–Crippen MR) is 114 cm³/mol. The fourth-order valence-corrected chi connectivity index (χ4v) is 3.83. The molecule has 5 rings (SSSR count). The Morgan fingerprint density at radius 1 is 0.926 bits per heavy atom. The zero-order chi connectivity index (χ0) is 18.2. The number of rotatable bonds is 1. The minimum atomic E-state index is 0.844. The molecule has 0 spiro atoms. The Bertz CT molecular complexity index is 1210. The van der Waals surface area contributed by atoms with Gasteiger partial charge in [-0.15, -0.1) is 0 Å². The van der Waals surface area contributed by atoms with Gasteiger partial charge in [0.15, 0.2) is 0 Å². The number of para-hydroxylation sites is 2. The lowest BCUT2D eigenvalue weighted by molar-refractivity contribution is 0.670. The van der Waals surface area contributed by atoms with Gasteiger partial charge in [-0.25, -0.2) is 0 Å². The lowest BCUT2D eigenvalue weighted by Gasteiger charge is -2.12. The molecule has 1 aromatic heterocycles. The van der Waals surface area contributed by atoms with Gasteiger partial charge in [0.2, 0.25) is 0 Å². The lowest BCUT2D eigenvalue weighted by Crippen LogP contribution is -2.01. The molecule has 0 saturated carbocycles. The third kappa shape index (κ3) is 2.83. The van der Waals surface area contributed by atoms with Crippen LogP contribution in [0, 0.1) is 0 Å². The highest BCUT2D eigenvalue weighted by Crippen LogP contribution is 2.36. The normalized spacial score (nSPS) is 17.3. The van der Waals surface area contributed by atoms with Crippen LogP contribution in [0.3, 0.4) is 0 Å². The summed E-state index contributed by atoms with van der Waals surface area (Å²) in [7, 11) is 0. The highest BCUT2D eigenvalue weighted by atomic mass is 16.3. The van der Waals surface area contributed by atoms with E-state index < -0.39 is 0 Å². The Labute approximate surface area is 158 Å². The maximum atomic E-state index is 6.23. The second-order valence-corrected chi connectivity index (χ2v) is 7.09. The van der Waals surface area contributed by atoms with Crippen molar-refractivity contribution in [3.8, 4) is 11.1 Å². The van der Waals surface area contributed by atoms with E-state index in [0.29, 0.717) is 0 Å². The molecule has 1 aliphatic heterocycles. The van der Waals surface area contributed by atoms with Crippen LogP contribution in [-0.2, 0) is 6.42 Å². The SMILES string of the molecule is CC1=C/Cc2cc(-c3cccc4c3oc3ccccc34)ccc2NC/C=C\1. The standard InChI is InChI=1S/C25H21NO/c1-17-6-5-15-26-23-14-13-18(16-19(23)12-11-17)20-8-4-9-22-21-7-2-3-10-24(21)27-25(20)22/h2-11,13-14,16,26H,12,15H2,1H3/b6-5-,17-11-. The molecule has 0 radical (unpaired) electrons. The summed E-state index contributed by atoms with van der Waals surface area (Å²) in [5.41, 5.74) is 8.05. The van der Waals surface area contributed by atoms with Crippen molar-refractivity contribution in [2.45, 2.75) is 13.3 Å². The van der Waals surface area contributed by atoms with Crippen LogP contribution in [0.4, 0.5) is 5.69 Å². The molecule has 0 amide bonds. The van der Waals surface area contributed by atoms with Gasteiger partial charge < -0.3 is 9.73 Å². The van der Waals surface area contributed by atoms with E-state index in [-0.39, 0.29) is 0 Å². The van der Waals surface area contributed by atoms with Crippen LogP contribution in [0.2, 0.25) is 0 Å². The lowest BCUT2D eigenvalue weighted by atomic mass is 9.98. The van der Waals surface area contributed by atoms with E-state index in [2.05, 4.69) is 79.0 Å². The highest BCUT2D eigenvalue weighted by molar-refractivity contribution is 6.09. The molecule has 132 valence electrons. The molecule has 0 aliphatic carbocycles. The first kappa shape index (κ1) is 16.0. The quantitative estimate of drug-likeness (QED) is 0.411. The molecule has 1 aliphatic rings. The van der Waals surface area contributed by atoms with E-state index in [1.807, 2.05) is 12.1 Å². The molecule has 2 nitrogen and oxygen atoms in total. The maximum Gasteiger partial charge on any atom is 0.143 e. The molecule has 0 atom stereocenters. The largest absolute Gasteiger partial charge is 0.455 e. The molecule has 0 fully saturated rings. The fourth-order valence-electron chi connectivity index (χ4n) is 3.83. The second kappa shape index (κ2) is 6.48. The van der Waals surface area contributed by atoms with Crippen molar-refractivity contribution in [1.82, 2.24) is 0 Å². The minimum absolute atomic E-state index is 0.844. The number of nitrogens with one attached hydrogen (secondary N) is 1. The van der Waals surface area contributed by atoms with Gasteiger partial charge >= 0.3 is 0 Å². The van der Waals surface area contributed by atoms with Gasteiger partial charge in [-0.3, -0.25) is 0 Å². The van der Waals surface area contributed by atoms with Crippen LogP contribution < -0.4 is 5.32 Å². The third-order valence-corrected chi connectivity index (χ3v) is 5.26. The van der Waals surface area contributed by atoms with Crippen LogP contribution in [0.25, 0.3) is 33.1 Å².